The van der Waals surface area contributed by atoms with Crippen LogP contribution >= 0.6 is 35.3 Å². The highest BCUT2D eigenvalue weighted by atomic mass is 127. The molecule has 2 heterocycles. The second-order valence-corrected chi connectivity index (χ2v) is 4.70. The van der Waals surface area contributed by atoms with Gasteiger partial charge in [-0.2, -0.15) is 0 Å². The number of nitrogens with two attached hydrogens (primary N) is 1. The monoisotopic (exact) mass is 367 g/mol. The van der Waals surface area contributed by atoms with Crippen molar-refractivity contribution in [2.24, 2.45) is 10.7 Å². The predicted molar refractivity (Wildman–Crippen MR) is 82.3 cm³/mol. The number of ether oxygens (including phenoxy) is 1. The maximum atomic E-state index is 5.91. The molecule has 0 aromatic carbocycles. The maximum absolute atomic E-state index is 5.91. The van der Waals surface area contributed by atoms with E-state index in [4.69, 9.17) is 10.5 Å². The van der Waals surface area contributed by atoms with Crippen molar-refractivity contribution in [1.29, 1.82) is 0 Å². The van der Waals surface area contributed by atoms with Crippen LogP contribution in [0.1, 0.15) is 4.88 Å². The van der Waals surface area contributed by atoms with Crippen molar-refractivity contribution in [3.8, 4) is 0 Å². The third-order valence-corrected chi connectivity index (χ3v) is 3.48. The van der Waals surface area contributed by atoms with Crippen LogP contribution < -0.4 is 5.73 Å². The smallest absolute Gasteiger partial charge is 0.191 e. The summed E-state index contributed by atoms with van der Waals surface area (Å²) in [5.41, 5.74) is 5.91. The molecule has 0 unspecified atom stereocenters. The van der Waals surface area contributed by atoms with E-state index < -0.39 is 0 Å². The van der Waals surface area contributed by atoms with Gasteiger partial charge in [-0.1, -0.05) is 6.07 Å². The van der Waals surface area contributed by atoms with Crippen LogP contribution in [0.15, 0.2) is 22.5 Å². The van der Waals surface area contributed by atoms with Crippen LogP contribution in [0.3, 0.4) is 0 Å². The van der Waals surface area contributed by atoms with Crippen molar-refractivity contribution in [2.75, 3.05) is 32.8 Å². The van der Waals surface area contributed by atoms with Gasteiger partial charge in [-0.05, 0) is 11.4 Å². The Morgan fingerprint density at radius 2 is 2.24 bits per heavy atom. The number of hydrogen-bond acceptors (Lipinski definition) is 3. The molecule has 6 heteroatoms. The molecule has 4 nitrogen and oxygen atoms in total. The van der Waals surface area contributed by atoms with Crippen LogP contribution in [0.2, 0.25) is 0 Å². The summed E-state index contributed by atoms with van der Waals surface area (Å²) in [6.45, 7) is 3.98. The molecule has 0 spiro atoms. The Balaban J connectivity index is 0.00000144. The van der Waals surface area contributed by atoms with Gasteiger partial charge in [0.05, 0.1) is 13.2 Å². The van der Waals surface area contributed by atoms with E-state index in [0.29, 0.717) is 5.96 Å². The summed E-state index contributed by atoms with van der Waals surface area (Å²) < 4.78 is 5.26. The van der Waals surface area contributed by atoms with Gasteiger partial charge in [-0.25, -0.2) is 0 Å². The summed E-state index contributed by atoms with van der Waals surface area (Å²) in [5, 5.41) is 2.09. The van der Waals surface area contributed by atoms with Crippen molar-refractivity contribution >= 4 is 41.3 Å². The minimum atomic E-state index is 0. The van der Waals surface area contributed by atoms with Crippen LogP contribution in [0, 0.1) is 0 Å². The molecule has 0 bridgehead atoms. The molecule has 1 aliphatic rings. The Morgan fingerprint density at radius 1 is 1.47 bits per heavy atom. The number of thiophene rings is 1. The van der Waals surface area contributed by atoms with Gasteiger partial charge in [0.2, 0.25) is 0 Å². The lowest BCUT2D eigenvalue weighted by Crippen LogP contribution is -2.44. The molecule has 0 atom stereocenters. The Morgan fingerprint density at radius 3 is 2.88 bits per heavy atom. The van der Waals surface area contributed by atoms with Gasteiger partial charge in [-0.3, -0.25) is 4.99 Å². The molecular formula is C11H18IN3OS. The minimum absolute atomic E-state index is 0. The van der Waals surface area contributed by atoms with E-state index >= 15 is 0 Å². The number of nitrogens with zero attached hydrogens (tertiary/aromatic N) is 2. The van der Waals surface area contributed by atoms with Gasteiger partial charge in [0, 0.05) is 30.9 Å². The SMILES string of the molecule is I.NC(=NCCc1cccs1)N1CCOCC1. The molecule has 17 heavy (non-hydrogen) atoms. The highest BCUT2D eigenvalue weighted by molar-refractivity contribution is 14.0. The fraction of sp³-hybridized carbons (Fsp3) is 0.545. The summed E-state index contributed by atoms with van der Waals surface area (Å²) in [5.74, 6) is 0.653. The number of morpholine rings is 1. The number of aliphatic imine (C=N–C) groups is 1. The van der Waals surface area contributed by atoms with Crippen LogP contribution in [-0.4, -0.2) is 43.7 Å². The molecule has 0 radical (unpaired) electrons. The molecular weight excluding hydrogens is 349 g/mol. The molecule has 96 valence electrons. The molecule has 2 rings (SSSR count). The summed E-state index contributed by atoms with van der Waals surface area (Å²) >= 11 is 1.77. The maximum Gasteiger partial charge on any atom is 0.191 e. The zero-order valence-electron chi connectivity index (χ0n) is 9.67. The van der Waals surface area contributed by atoms with Crippen molar-refractivity contribution in [2.45, 2.75) is 6.42 Å². The highest BCUT2D eigenvalue weighted by Crippen LogP contribution is 2.08. The number of hydrogen-bond donors (Lipinski definition) is 1. The van der Waals surface area contributed by atoms with Crippen LogP contribution in [0.25, 0.3) is 0 Å². The molecule has 1 aromatic heterocycles. The van der Waals surface area contributed by atoms with E-state index in [9.17, 15) is 0 Å². The number of rotatable bonds is 3. The molecule has 1 aliphatic heterocycles. The fourth-order valence-corrected chi connectivity index (χ4v) is 2.33. The first kappa shape index (κ1) is 14.7. The summed E-state index contributed by atoms with van der Waals surface area (Å²) in [4.78, 5) is 7.84. The number of halogens is 1. The summed E-state index contributed by atoms with van der Waals surface area (Å²) in [7, 11) is 0. The van der Waals surface area contributed by atoms with Crippen molar-refractivity contribution < 1.29 is 4.74 Å². The largest absolute Gasteiger partial charge is 0.378 e. The van der Waals surface area contributed by atoms with E-state index in [1.54, 1.807) is 11.3 Å². The van der Waals surface area contributed by atoms with Gasteiger partial charge >= 0.3 is 0 Å². The first-order valence-corrected chi connectivity index (χ1v) is 6.39. The third kappa shape index (κ3) is 4.81. The molecule has 1 fully saturated rings. The van der Waals surface area contributed by atoms with Gasteiger partial charge in [0.1, 0.15) is 0 Å². The average Bonchev–Trinajstić information content (AvgIpc) is 2.83. The zero-order valence-corrected chi connectivity index (χ0v) is 12.8. The second-order valence-electron chi connectivity index (χ2n) is 3.67. The number of guanidine groups is 1. The fourth-order valence-electron chi connectivity index (χ4n) is 1.63. The topological polar surface area (TPSA) is 50.8 Å². The first-order valence-electron chi connectivity index (χ1n) is 5.51. The Labute approximate surface area is 123 Å². The molecule has 1 saturated heterocycles. The van der Waals surface area contributed by atoms with Gasteiger partial charge < -0.3 is 15.4 Å². The van der Waals surface area contributed by atoms with Crippen molar-refractivity contribution in [3.05, 3.63) is 22.4 Å². The summed E-state index contributed by atoms with van der Waals surface area (Å²) in [6.07, 6.45) is 0.975. The predicted octanol–water partition coefficient (Wildman–Crippen LogP) is 1.56. The zero-order chi connectivity index (χ0) is 11.2. The van der Waals surface area contributed by atoms with E-state index in [-0.39, 0.29) is 24.0 Å². The van der Waals surface area contributed by atoms with Crippen molar-refractivity contribution in [1.82, 2.24) is 4.90 Å². The van der Waals surface area contributed by atoms with E-state index in [2.05, 4.69) is 27.4 Å². The first-order chi connectivity index (χ1) is 7.86. The lowest BCUT2D eigenvalue weighted by Gasteiger charge is -2.27. The molecule has 1 aromatic rings. The van der Waals surface area contributed by atoms with E-state index in [1.165, 1.54) is 4.88 Å². The minimum Gasteiger partial charge on any atom is -0.378 e. The van der Waals surface area contributed by atoms with Gasteiger partial charge in [-0.15, -0.1) is 35.3 Å². The lowest BCUT2D eigenvalue weighted by atomic mass is 10.3. The third-order valence-electron chi connectivity index (χ3n) is 2.55. The second kappa shape index (κ2) is 7.88. The van der Waals surface area contributed by atoms with Crippen LogP contribution in [0.5, 0.6) is 0 Å². The Hall–Kier alpha value is -0.340. The Bertz CT molecular complexity index is 336. The van der Waals surface area contributed by atoms with E-state index in [0.717, 1.165) is 39.3 Å². The van der Waals surface area contributed by atoms with Gasteiger partial charge in [0.25, 0.3) is 0 Å². The van der Waals surface area contributed by atoms with Crippen LogP contribution in [-0.2, 0) is 11.2 Å². The molecule has 2 N–H and O–H groups in total. The quantitative estimate of drug-likeness (QED) is 0.501. The normalized spacial score (nSPS) is 16.7. The van der Waals surface area contributed by atoms with Crippen LogP contribution in [0.4, 0.5) is 0 Å². The van der Waals surface area contributed by atoms with Gasteiger partial charge in [0.15, 0.2) is 5.96 Å². The lowest BCUT2D eigenvalue weighted by molar-refractivity contribution is 0.0674. The Kier molecular flexibility index (Phi) is 6.83. The standard InChI is InChI=1S/C11H17N3OS.HI/c12-11(14-5-7-15-8-6-14)13-4-3-10-2-1-9-16-10;/h1-2,9H,3-8H2,(H2,12,13);1H. The average molecular weight is 367 g/mol. The summed E-state index contributed by atoms with van der Waals surface area (Å²) in [6, 6.07) is 4.19. The van der Waals surface area contributed by atoms with Crippen molar-refractivity contribution in [3.63, 3.8) is 0 Å². The molecule has 0 aliphatic carbocycles. The van der Waals surface area contributed by atoms with E-state index in [1.807, 2.05) is 0 Å². The highest BCUT2D eigenvalue weighted by Gasteiger charge is 2.11. The molecule has 0 amide bonds. The molecule has 0 saturated carbocycles.